The lowest BCUT2D eigenvalue weighted by molar-refractivity contribution is -0.144. The van der Waals surface area contributed by atoms with Gasteiger partial charge >= 0.3 is 0 Å². The highest BCUT2D eigenvalue weighted by atomic mass is 35.5. The molecule has 39 heavy (non-hydrogen) atoms. The van der Waals surface area contributed by atoms with Crippen LogP contribution in [0.2, 0.25) is 5.02 Å². The first-order valence-corrected chi connectivity index (χ1v) is 13.9. The number of anilines is 1. The number of amides is 2. The minimum atomic E-state index is -0.631. The van der Waals surface area contributed by atoms with Crippen LogP contribution in [-0.2, 0) is 16.1 Å². The second-order valence-corrected chi connectivity index (χ2v) is 10.9. The number of para-hydroxylation sites is 2. The number of aryl methyl sites for hydroxylation is 1. The fraction of sp³-hybridized carbons (Fsp3) is 0.323. The Bertz CT molecular complexity index is 1530. The van der Waals surface area contributed by atoms with Gasteiger partial charge < -0.3 is 19.3 Å². The molecule has 2 aliphatic rings. The Kier molecular flexibility index (Phi) is 6.77. The van der Waals surface area contributed by atoms with Gasteiger partial charge in [0.15, 0.2) is 0 Å². The zero-order valence-corrected chi connectivity index (χ0v) is 23.0. The molecule has 1 fully saturated rings. The van der Waals surface area contributed by atoms with Crippen LogP contribution in [0.25, 0.3) is 11.0 Å². The number of imidazole rings is 1. The van der Waals surface area contributed by atoms with Crippen LogP contribution in [0.1, 0.15) is 42.4 Å². The predicted molar refractivity (Wildman–Crippen MR) is 154 cm³/mol. The number of carbonyl (C=O) groups is 2. The van der Waals surface area contributed by atoms with Crippen LogP contribution < -0.4 is 4.90 Å². The number of carbonyl (C=O) groups excluding carboxylic acids is 2. The molecule has 3 aromatic carbocycles. The number of piperazine rings is 1. The molecule has 6 rings (SSSR count). The molecule has 2 aliphatic heterocycles. The molecular weight excluding hydrogens is 510 g/mol. The molecule has 3 heterocycles. The van der Waals surface area contributed by atoms with Gasteiger partial charge in [-0.3, -0.25) is 9.59 Å². The fourth-order valence-electron chi connectivity index (χ4n) is 5.91. The number of fused-ring (bicyclic) bond motifs is 3. The van der Waals surface area contributed by atoms with Gasteiger partial charge in [-0.15, -0.1) is 0 Å². The third-order valence-electron chi connectivity index (χ3n) is 8.05. The SMILES string of the molecule is Cc1ccc(Cl)cc1N1CCN(C(=O)C[C@@H]2C(=O)N(Cc3ccccc3)[C@@H](C)c3nc4ccccc4n32)CC1. The van der Waals surface area contributed by atoms with Gasteiger partial charge in [-0.2, -0.15) is 0 Å². The van der Waals surface area contributed by atoms with Crippen LogP contribution in [0.3, 0.4) is 0 Å². The summed E-state index contributed by atoms with van der Waals surface area (Å²) in [7, 11) is 0. The van der Waals surface area contributed by atoms with E-state index in [2.05, 4.69) is 11.8 Å². The maximum atomic E-state index is 14.1. The van der Waals surface area contributed by atoms with Crippen molar-refractivity contribution in [2.75, 3.05) is 31.1 Å². The molecule has 7 nitrogen and oxygen atoms in total. The van der Waals surface area contributed by atoms with E-state index in [1.54, 1.807) is 0 Å². The highest BCUT2D eigenvalue weighted by molar-refractivity contribution is 6.30. The Morgan fingerprint density at radius 2 is 1.69 bits per heavy atom. The summed E-state index contributed by atoms with van der Waals surface area (Å²) in [5.41, 5.74) is 5.07. The van der Waals surface area contributed by atoms with Gasteiger partial charge in [0.25, 0.3) is 0 Å². The van der Waals surface area contributed by atoms with E-state index >= 15 is 0 Å². The van der Waals surface area contributed by atoms with Crippen molar-refractivity contribution in [3.05, 3.63) is 94.8 Å². The summed E-state index contributed by atoms with van der Waals surface area (Å²) in [5, 5.41) is 0.711. The van der Waals surface area contributed by atoms with Crippen molar-refractivity contribution in [3.63, 3.8) is 0 Å². The van der Waals surface area contributed by atoms with Gasteiger partial charge in [-0.1, -0.05) is 60.1 Å². The van der Waals surface area contributed by atoms with Crippen molar-refractivity contribution in [2.24, 2.45) is 0 Å². The number of benzene rings is 3. The number of hydrogen-bond donors (Lipinski definition) is 0. The molecule has 8 heteroatoms. The van der Waals surface area contributed by atoms with E-state index in [0.717, 1.165) is 41.2 Å². The van der Waals surface area contributed by atoms with Crippen LogP contribution in [0, 0.1) is 6.92 Å². The lowest BCUT2D eigenvalue weighted by Crippen LogP contribution is -2.51. The van der Waals surface area contributed by atoms with Crippen molar-refractivity contribution in [2.45, 2.75) is 38.9 Å². The normalized spacial score (nSPS) is 19.5. The van der Waals surface area contributed by atoms with Crippen LogP contribution in [0.15, 0.2) is 72.8 Å². The molecule has 1 aromatic heterocycles. The van der Waals surface area contributed by atoms with Gasteiger partial charge in [0.2, 0.25) is 11.8 Å². The number of nitrogens with zero attached hydrogens (tertiary/aromatic N) is 5. The molecule has 2 atom stereocenters. The Labute approximate surface area is 233 Å². The highest BCUT2D eigenvalue weighted by Gasteiger charge is 2.41. The Hall–Kier alpha value is -3.84. The molecule has 0 aliphatic carbocycles. The van der Waals surface area contributed by atoms with Gasteiger partial charge in [0.1, 0.15) is 11.9 Å². The number of halogens is 1. The first-order chi connectivity index (χ1) is 18.9. The van der Waals surface area contributed by atoms with E-state index in [0.29, 0.717) is 24.7 Å². The maximum Gasteiger partial charge on any atom is 0.247 e. The second-order valence-electron chi connectivity index (χ2n) is 10.5. The lowest BCUT2D eigenvalue weighted by Gasteiger charge is -2.40. The summed E-state index contributed by atoms with van der Waals surface area (Å²) in [6.45, 7) is 7.23. The standard InChI is InChI=1S/C31H32ClN5O2/c1-21-12-13-24(32)18-27(21)34-14-16-35(17-15-34)29(38)19-28-31(39)36(20-23-8-4-3-5-9-23)22(2)30-33-25-10-6-7-11-26(25)37(28)30/h3-13,18,22,28H,14-17,19-20H2,1-2H3/t22-,28+/m0/s1. The summed E-state index contributed by atoms with van der Waals surface area (Å²) < 4.78 is 2.01. The molecule has 0 radical (unpaired) electrons. The summed E-state index contributed by atoms with van der Waals surface area (Å²) in [5.74, 6) is 0.781. The molecular formula is C31H32ClN5O2. The molecule has 4 aromatic rings. The Balaban J connectivity index is 1.25. The molecule has 0 N–H and O–H groups in total. The van der Waals surface area contributed by atoms with E-state index in [4.69, 9.17) is 16.6 Å². The van der Waals surface area contributed by atoms with Crippen molar-refractivity contribution >= 4 is 40.1 Å². The average Bonchev–Trinajstić information content (AvgIpc) is 3.35. The van der Waals surface area contributed by atoms with Crippen LogP contribution >= 0.6 is 11.6 Å². The van der Waals surface area contributed by atoms with Crippen LogP contribution in [0.5, 0.6) is 0 Å². The molecule has 2 amide bonds. The minimum Gasteiger partial charge on any atom is -0.368 e. The number of hydrogen-bond acceptors (Lipinski definition) is 4. The quantitative estimate of drug-likeness (QED) is 0.340. The van der Waals surface area contributed by atoms with Crippen molar-refractivity contribution in [1.29, 1.82) is 0 Å². The van der Waals surface area contributed by atoms with Gasteiger partial charge in [0, 0.05) is 43.4 Å². The maximum absolute atomic E-state index is 14.1. The fourth-order valence-corrected chi connectivity index (χ4v) is 6.07. The lowest BCUT2D eigenvalue weighted by atomic mass is 10.0. The van der Waals surface area contributed by atoms with Crippen molar-refractivity contribution in [3.8, 4) is 0 Å². The van der Waals surface area contributed by atoms with E-state index in [1.807, 2.05) is 94.1 Å². The third kappa shape index (κ3) is 4.76. The molecule has 200 valence electrons. The second kappa shape index (κ2) is 10.4. The van der Waals surface area contributed by atoms with E-state index < -0.39 is 6.04 Å². The summed E-state index contributed by atoms with van der Waals surface area (Å²) >= 11 is 6.25. The summed E-state index contributed by atoms with van der Waals surface area (Å²) in [6, 6.07) is 22.9. The van der Waals surface area contributed by atoms with E-state index in [9.17, 15) is 9.59 Å². The van der Waals surface area contributed by atoms with Gasteiger partial charge in [0.05, 0.1) is 23.5 Å². The average molecular weight is 542 g/mol. The topological polar surface area (TPSA) is 61.7 Å². The van der Waals surface area contributed by atoms with E-state index in [1.165, 1.54) is 5.56 Å². The summed E-state index contributed by atoms with van der Waals surface area (Å²) in [4.78, 5) is 38.7. The zero-order chi connectivity index (χ0) is 27.1. The van der Waals surface area contributed by atoms with Gasteiger partial charge in [-0.25, -0.2) is 4.98 Å². The highest BCUT2D eigenvalue weighted by Crippen LogP contribution is 2.37. The molecule has 1 saturated heterocycles. The number of rotatable bonds is 5. The van der Waals surface area contributed by atoms with Crippen LogP contribution in [0.4, 0.5) is 5.69 Å². The Morgan fingerprint density at radius 3 is 2.46 bits per heavy atom. The third-order valence-corrected chi connectivity index (χ3v) is 8.29. The Morgan fingerprint density at radius 1 is 0.974 bits per heavy atom. The largest absolute Gasteiger partial charge is 0.368 e. The van der Waals surface area contributed by atoms with E-state index in [-0.39, 0.29) is 24.3 Å². The van der Waals surface area contributed by atoms with Crippen LogP contribution in [-0.4, -0.2) is 57.3 Å². The molecule has 0 bridgehead atoms. The predicted octanol–water partition coefficient (Wildman–Crippen LogP) is 5.38. The smallest absolute Gasteiger partial charge is 0.247 e. The molecule has 0 spiro atoms. The summed E-state index contributed by atoms with van der Waals surface area (Å²) in [6.07, 6.45) is 0.111. The van der Waals surface area contributed by atoms with Crippen molar-refractivity contribution in [1.82, 2.24) is 19.4 Å². The number of aromatic nitrogens is 2. The molecule has 0 saturated carbocycles. The first kappa shape index (κ1) is 25.4. The van der Waals surface area contributed by atoms with Gasteiger partial charge in [-0.05, 0) is 49.2 Å². The first-order valence-electron chi connectivity index (χ1n) is 13.5. The molecule has 0 unspecified atom stereocenters. The monoisotopic (exact) mass is 541 g/mol. The van der Waals surface area contributed by atoms with Crippen molar-refractivity contribution < 1.29 is 9.59 Å². The minimum absolute atomic E-state index is 0.00578. The zero-order valence-electron chi connectivity index (χ0n) is 22.3.